The van der Waals surface area contributed by atoms with E-state index in [0.29, 0.717) is 60.0 Å². The van der Waals surface area contributed by atoms with Crippen LogP contribution in [0.1, 0.15) is 36.9 Å². The molecule has 1 aromatic carbocycles. The molecule has 1 aliphatic heterocycles. The average Bonchev–Trinajstić information content (AvgIpc) is 2.78. The van der Waals surface area contributed by atoms with Crippen LogP contribution in [0, 0.1) is 0 Å². The van der Waals surface area contributed by atoms with Crippen LogP contribution in [-0.4, -0.2) is 41.3 Å². The van der Waals surface area contributed by atoms with Crippen LogP contribution >= 0.6 is 0 Å². The summed E-state index contributed by atoms with van der Waals surface area (Å²) in [5.41, 5.74) is 5.89. The molecule has 0 amide bonds. The third-order valence-electron chi connectivity index (χ3n) is 5.70. The molecule has 2 aromatic heterocycles. The van der Waals surface area contributed by atoms with Crippen molar-refractivity contribution in [1.29, 1.82) is 0 Å². The van der Waals surface area contributed by atoms with Crippen LogP contribution in [0.4, 0.5) is 40.8 Å². The largest absolute Gasteiger partial charge is 0.416 e. The molecule has 0 spiro atoms. The first kappa shape index (κ1) is 22.8. The van der Waals surface area contributed by atoms with Crippen molar-refractivity contribution in [2.75, 3.05) is 41.4 Å². The third kappa shape index (κ3) is 5.01. The molecule has 0 saturated carbocycles. The molecule has 0 aliphatic carbocycles. The molecule has 1 atom stereocenters. The Morgan fingerprint density at radius 3 is 2.52 bits per heavy atom. The summed E-state index contributed by atoms with van der Waals surface area (Å²) in [6, 6.07) is 4.78. The molecule has 7 nitrogen and oxygen atoms in total. The Kier molecular flexibility index (Phi) is 6.13. The van der Waals surface area contributed by atoms with Crippen LogP contribution in [0.25, 0.3) is 10.9 Å². The van der Waals surface area contributed by atoms with E-state index in [0.717, 1.165) is 12.1 Å². The van der Waals surface area contributed by atoms with Gasteiger partial charge in [0.2, 0.25) is 5.95 Å². The first-order valence-corrected chi connectivity index (χ1v) is 10.6. The molecule has 1 saturated heterocycles. The fourth-order valence-corrected chi connectivity index (χ4v) is 3.87. The molecule has 3 aromatic rings. The number of hydrogen-bond donors (Lipinski definition) is 3. The van der Waals surface area contributed by atoms with Gasteiger partial charge in [0, 0.05) is 31.2 Å². The fourth-order valence-electron chi connectivity index (χ4n) is 3.87. The number of benzene rings is 1. The fraction of sp³-hybridized carbons (Fsp3) is 0.409. The van der Waals surface area contributed by atoms with Gasteiger partial charge >= 0.3 is 6.18 Å². The number of halogens is 4. The maximum Gasteiger partial charge on any atom is 0.416 e. The highest BCUT2D eigenvalue weighted by Gasteiger charge is 2.31. The standard InChI is InChI=1S/C22H25F4N7/c1-12(13-7-14(22(24,25)26)9-16(27)8-13)30-20-17-10-19(33-5-3-15(23)4-6-33)29-11-18(17)31-21(28-2)32-20/h7-12,15H,3-6,27H2,1-2H3,(H2,28,30,31,32). The number of nitrogens with one attached hydrogen (secondary N) is 2. The summed E-state index contributed by atoms with van der Waals surface area (Å²) in [6.07, 6.45) is -2.81. The van der Waals surface area contributed by atoms with Crippen LogP contribution in [0.3, 0.4) is 0 Å². The maximum atomic E-state index is 13.5. The van der Waals surface area contributed by atoms with Gasteiger partial charge in [-0.05, 0) is 49.6 Å². The molecule has 1 fully saturated rings. The van der Waals surface area contributed by atoms with Crippen molar-refractivity contribution < 1.29 is 17.6 Å². The Labute approximate surface area is 188 Å². The number of aromatic nitrogens is 3. The van der Waals surface area contributed by atoms with Gasteiger partial charge in [0.1, 0.15) is 17.8 Å². The zero-order valence-electron chi connectivity index (χ0n) is 18.2. The normalized spacial score (nSPS) is 16.1. The van der Waals surface area contributed by atoms with Gasteiger partial charge in [-0.15, -0.1) is 0 Å². The zero-order chi connectivity index (χ0) is 23.8. The van der Waals surface area contributed by atoms with Crippen LogP contribution < -0.4 is 21.3 Å². The molecule has 33 heavy (non-hydrogen) atoms. The molecule has 4 rings (SSSR count). The van der Waals surface area contributed by atoms with E-state index in [1.54, 1.807) is 20.2 Å². The van der Waals surface area contributed by atoms with E-state index in [1.807, 2.05) is 11.0 Å². The van der Waals surface area contributed by atoms with E-state index < -0.39 is 24.0 Å². The Bertz CT molecular complexity index is 1140. The summed E-state index contributed by atoms with van der Waals surface area (Å²) in [5, 5.41) is 6.74. The molecular formula is C22H25F4N7. The minimum Gasteiger partial charge on any atom is -0.399 e. The van der Waals surface area contributed by atoms with Crippen molar-refractivity contribution in [1.82, 2.24) is 15.0 Å². The van der Waals surface area contributed by atoms with Crippen LogP contribution in [0.5, 0.6) is 0 Å². The molecule has 3 heterocycles. The van der Waals surface area contributed by atoms with E-state index in [9.17, 15) is 17.6 Å². The Morgan fingerprint density at radius 2 is 1.85 bits per heavy atom. The van der Waals surface area contributed by atoms with E-state index >= 15 is 0 Å². The van der Waals surface area contributed by atoms with Crippen LogP contribution in [0.2, 0.25) is 0 Å². The smallest absolute Gasteiger partial charge is 0.399 e. The number of alkyl halides is 4. The van der Waals surface area contributed by atoms with Gasteiger partial charge in [0.25, 0.3) is 0 Å². The van der Waals surface area contributed by atoms with Crippen molar-refractivity contribution in [2.24, 2.45) is 0 Å². The minimum atomic E-state index is -4.50. The predicted octanol–water partition coefficient (Wildman–Crippen LogP) is 4.78. The second kappa shape index (κ2) is 8.87. The Morgan fingerprint density at radius 1 is 1.12 bits per heavy atom. The first-order chi connectivity index (χ1) is 15.6. The van der Waals surface area contributed by atoms with Crippen molar-refractivity contribution in [3.63, 3.8) is 0 Å². The van der Waals surface area contributed by atoms with Gasteiger partial charge < -0.3 is 21.3 Å². The number of nitrogens with zero attached hydrogens (tertiary/aromatic N) is 4. The highest BCUT2D eigenvalue weighted by atomic mass is 19.4. The van der Waals surface area contributed by atoms with Crippen molar-refractivity contribution in [2.45, 2.75) is 38.2 Å². The van der Waals surface area contributed by atoms with Gasteiger partial charge in [-0.25, -0.2) is 14.4 Å². The number of anilines is 4. The maximum absolute atomic E-state index is 13.5. The summed E-state index contributed by atoms with van der Waals surface area (Å²) < 4.78 is 53.3. The molecule has 4 N–H and O–H groups in total. The molecule has 11 heteroatoms. The topological polar surface area (TPSA) is 92.0 Å². The number of nitrogen functional groups attached to an aromatic ring is 1. The van der Waals surface area contributed by atoms with Crippen molar-refractivity contribution >= 4 is 34.2 Å². The average molecular weight is 463 g/mol. The van der Waals surface area contributed by atoms with E-state index in [1.165, 1.54) is 6.07 Å². The van der Waals surface area contributed by atoms with Gasteiger partial charge in [0.15, 0.2) is 0 Å². The molecule has 0 bridgehead atoms. The van der Waals surface area contributed by atoms with Gasteiger partial charge in [0.05, 0.1) is 23.3 Å². The predicted molar refractivity (Wildman–Crippen MR) is 121 cm³/mol. The molecule has 0 radical (unpaired) electrons. The van der Waals surface area contributed by atoms with Crippen molar-refractivity contribution in [3.05, 3.63) is 41.6 Å². The molecule has 1 unspecified atom stereocenters. The van der Waals surface area contributed by atoms with Crippen molar-refractivity contribution in [3.8, 4) is 0 Å². The number of rotatable bonds is 5. The van der Waals surface area contributed by atoms with E-state index in [2.05, 4.69) is 25.6 Å². The number of fused-ring (bicyclic) bond motifs is 1. The highest BCUT2D eigenvalue weighted by Crippen LogP contribution is 2.34. The first-order valence-electron chi connectivity index (χ1n) is 10.6. The second-order valence-corrected chi connectivity index (χ2v) is 8.12. The highest BCUT2D eigenvalue weighted by molar-refractivity contribution is 5.91. The summed E-state index contributed by atoms with van der Waals surface area (Å²) in [7, 11) is 1.67. The van der Waals surface area contributed by atoms with E-state index in [4.69, 9.17) is 5.73 Å². The number of hydrogen-bond acceptors (Lipinski definition) is 7. The molecular weight excluding hydrogens is 438 g/mol. The summed E-state index contributed by atoms with van der Waals surface area (Å²) in [4.78, 5) is 15.4. The Hall–Kier alpha value is -3.37. The quantitative estimate of drug-likeness (QED) is 0.371. The lowest BCUT2D eigenvalue weighted by atomic mass is 10.0. The van der Waals surface area contributed by atoms with E-state index in [-0.39, 0.29) is 5.69 Å². The lowest BCUT2D eigenvalue weighted by Gasteiger charge is -2.29. The van der Waals surface area contributed by atoms with Gasteiger partial charge in [-0.3, -0.25) is 0 Å². The lowest BCUT2D eigenvalue weighted by Crippen LogP contribution is -2.34. The monoisotopic (exact) mass is 463 g/mol. The number of nitrogens with two attached hydrogens (primary N) is 1. The zero-order valence-corrected chi connectivity index (χ0v) is 18.2. The SMILES string of the molecule is CNc1nc(NC(C)c2cc(N)cc(C(F)(F)F)c2)c2cc(N3CCC(F)CC3)ncc2n1. The summed E-state index contributed by atoms with van der Waals surface area (Å²) in [6.45, 7) is 2.84. The molecule has 1 aliphatic rings. The second-order valence-electron chi connectivity index (χ2n) is 8.12. The summed E-state index contributed by atoms with van der Waals surface area (Å²) >= 11 is 0. The van der Waals surface area contributed by atoms with Gasteiger partial charge in [-0.2, -0.15) is 18.2 Å². The molecule has 176 valence electrons. The van der Waals surface area contributed by atoms with Gasteiger partial charge in [-0.1, -0.05) is 0 Å². The number of piperidine rings is 1. The van der Waals surface area contributed by atoms with Crippen LogP contribution in [-0.2, 0) is 6.18 Å². The minimum absolute atomic E-state index is 0.0275. The third-order valence-corrected chi connectivity index (χ3v) is 5.70. The summed E-state index contributed by atoms with van der Waals surface area (Å²) in [5.74, 6) is 1.46. The number of pyridine rings is 1. The Balaban J connectivity index is 1.70. The van der Waals surface area contributed by atoms with Crippen LogP contribution in [0.15, 0.2) is 30.5 Å². The lowest BCUT2D eigenvalue weighted by molar-refractivity contribution is -0.137.